The van der Waals surface area contributed by atoms with E-state index in [0.717, 1.165) is 16.7 Å². The topological polar surface area (TPSA) is 29.5 Å². The van der Waals surface area contributed by atoms with E-state index in [1.807, 2.05) is 60.4 Å². The second-order valence-corrected chi connectivity index (χ2v) is 6.93. The van der Waals surface area contributed by atoms with Crippen LogP contribution in [0.5, 0.6) is 0 Å². The number of amides is 1. The molecule has 0 saturated carbocycles. The fourth-order valence-corrected chi connectivity index (χ4v) is 3.99. The molecule has 2 aliphatic heterocycles. The first-order valence-electron chi connectivity index (χ1n) is 7.82. The molecule has 4 heteroatoms. The third-order valence-electron chi connectivity index (χ3n) is 4.90. The molecule has 2 aromatic rings. The molecular weight excluding hydrogens is 310 g/mol. The molecule has 2 heterocycles. The van der Waals surface area contributed by atoms with Crippen LogP contribution in [-0.2, 0) is 22.7 Å². The Morgan fingerprint density at radius 2 is 2.00 bits per heavy atom. The van der Waals surface area contributed by atoms with E-state index in [1.165, 1.54) is 0 Å². The second-order valence-electron chi connectivity index (χ2n) is 6.52. The number of fused-ring (bicyclic) bond motifs is 3. The van der Waals surface area contributed by atoms with Crippen molar-refractivity contribution in [3.8, 4) is 0 Å². The number of ether oxygens (including phenoxy) is 1. The average Bonchev–Trinajstić information content (AvgIpc) is 2.80. The Kier molecular flexibility index (Phi) is 3.43. The van der Waals surface area contributed by atoms with Crippen molar-refractivity contribution >= 4 is 17.5 Å². The lowest BCUT2D eigenvalue weighted by atomic mass is 9.81. The van der Waals surface area contributed by atoms with Gasteiger partial charge in [-0.1, -0.05) is 54.1 Å². The molecule has 0 spiro atoms. The van der Waals surface area contributed by atoms with Crippen molar-refractivity contribution in [1.29, 1.82) is 0 Å². The highest BCUT2D eigenvalue weighted by Crippen LogP contribution is 2.46. The van der Waals surface area contributed by atoms with Crippen molar-refractivity contribution < 1.29 is 9.53 Å². The Morgan fingerprint density at radius 1 is 1.22 bits per heavy atom. The number of nitrogens with zero attached hydrogens (tertiary/aromatic N) is 1. The molecule has 2 aliphatic rings. The average molecular weight is 328 g/mol. The van der Waals surface area contributed by atoms with Crippen LogP contribution in [0.2, 0.25) is 5.02 Å². The van der Waals surface area contributed by atoms with Crippen LogP contribution in [-0.4, -0.2) is 23.0 Å². The molecule has 3 nitrogen and oxygen atoms in total. The van der Waals surface area contributed by atoms with Gasteiger partial charge < -0.3 is 9.64 Å². The number of carbonyl (C=O) groups is 1. The highest BCUT2D eigenvalue weighted by atomic mass is 35.5. The monoisotopic (exact) mass is 327 g/mol. The molecule has 1 fully saturated rings. The molecule has 0 bridgehead atoms. The number of benzene rings is 2. The van der Waals surface area contributed by atoms with Crippen molar-refractivity contribution in [2.75, 3.05) is 6.54 Å². The van der Waals surface area contributed by atoms with E-state index in [9.17, 15) is 4.79 Å². The molecule has 118 valence electrons. The summed E-state index contributed by atoms with van der Waals surface area (Å²) in [6.45, 7) is 3.72. The van der Waals surface area contributed by atoms with Gasteiger partial charge in [-0.05, 0) is 24.1 Å². The highest BCUT2D eigenvalue weighted by Gasteiger charge is 2.53. The molecule has 0 aliphatic carbocycles. The van der Waals surface area contributed by atoms with Gasteiger partial charge in [0.25, 0.3) is 0 Å². The number of rotatable bonds is 2. The summed E-state index contributed by atoms with van der Waals surface area (Å²) < 4.78 is 6.09. The van der Waals surface area contributed by atoms with Gasteiger partial charge in [0.1, 0.15) is 0 Å². The maximum Gasteiger partial charge on any atom is 0.233 e. The predicted molar refractivity (Wildman–Crippen MR) is 89.2 cm³/mol. The largest absolute Gasteiger partial charge is 0.368 e. The first kappa shape index (κ1) is 14.7. The van der Waals surface area contributed by atoms with Crippen molar-refractivity contribution in [2.45, 2.75) is 31.6 Å². The van der Waals surface area contributed by atoms with Gasteiger partial charge in [0, 0.05) is 17.1 Å². The summed E-state index contributed by atoms with van der Waals surface area (Å²) in [5, 5.41) is 0.679. The first-order chi connectivity index (χ1) is 11.1. The van der Waals surface area contributed by atoms with E-state index in [1.54, 1.807) is 0 Å². The molecule has 2 aromatic carbocycles. The van der Waals surface area contributed by atoms with Gasteiger partial charge in [-0.3, -0.25) is 4.79 Å². The third-order valence-corrected chi connectivity index (χ3v) is 5.26. The molecule has 1 amide bonds. The van der Waals surface area contributed by atoms with Gasteiger partial charge in [0.05, 0.1) is 24.7 Å². The highest BCUT2D eigenvalue weighted by molar-refractivity contribution is 6.31. The number of hydrogen-bond acceptors (Lipinski definition) is 2. The summed E-state index contributed by atoms with van der Waals surface area (Å²) in [4.78, 5) is 14.9. The Morgan fingerprint density at radius 3 is 2.78 bits per heavy atom. The van der Waals surface area contributed by atoms with Gasteiger partial charge in [0.15, 0.2) is 0 Å². The van der Waals surface area contributed by atoms with Crippen LogP contribution in [0.1, 0.15) is 29.5 Å². The van der Waals surface area contributed by atoms with Crippen LogP contribution in [0.25, 0.3) is 0 Å². The van der Waals surface area contributed by atoms with Gasteiger partial charge in [-0.15, -0.1) is 0 Å². The molecule has 0 aromatic heterocycles. The minimum absolute atomic E-state index is 0.125. The van der Waals surface area contributed by atoms with E-state index >= 15 is 0 Å². The molecule has 1 saturated heterocycles. The van der Waals surface area contributed by atoms with Gasteiger partial charge in [0.2, 0.25) is 5.91 Å². The second kappa shape index (κ2) is 5.36. The van der Waals surface area contributed by atoms with Gasteiger partial charge in [-0.25, -0.2) is 0 Å². The zero-order valence-electron chi connectivity index (χ0n) is 13.0. The fourth-order valence-electron chi connectivity index (χ4n) is 3.76. The standard InChI is InChI=1S/C19H18ClNO2/c1-19-12-21(10-13-6-3-2-4-7-13)18(22)17(19)14-8-5-9-16(20)15(14)11-23-19/h2-9,17H,10-12H2,1H3/t17-,19-/m1/s1. The molecular formula is C19H18ClNO2. The third kappa shape index (κ3) is 2.35. The Bertz CT molecular complexity index is 761. The Labute approximate surface area is 140 Å². The number of likely N-dealkylation sites (tertiary alicyclic amines) is 1. The molecule has 4 rings (SSSR count). The summed E-state index contributed by atoms with van der Waals surface area (Å²) in [6.07, 6.45) is 0. The summed E-state index contributed by atoms with van der Waals surface area (Å²) in [7, 11) is 0. The maximum absolute atomic E-state index is 13.0. The predicted octanol–water partition coefficient (Wildman–Crippen LogP) is 3.75. The summed E-state index contributed by atoms with van der Waals surface area (Å²) >= 11 is 6.29. The number of carbonyl (C=O) groups excluding carboxylic acids is 1. The van der Waals surface area contributed by atoms with E-state index in [0.29, 0.717) is 24.7 Å². The molecule has 2 atom stereocenters. The van der Waals surface area contributed by atoms with Crippen LogP contribution < -0.4 is 0 Å². The van der Waals surface area contributed by atoms with E-state index in [4.69, 9.17) is 16.3 Å². The molecule has 23 heavy (non-hydrogen) atoms. The fraction of sp³-hybridized carbons (Fsp3) is 0.316. The maximum atomic E-state index is 13.0. The van der Waals surface area contributed by atoms with Crippen molar-refractivity contribution in [1.82, 2.24) is 4.90 Å². The van der Waals surface area contributed by atoms with Crippen LogP contribution in [0.15, 0.2) is 48.5 Å². The lowest BCUT2D eigenvalue weighted by Gasteiger charge is -2.35. The van der Waals surface area contributed by atoms with Crippen LogP contribution in [0.4, 0.5) is 0 Å². The summed E-state index contributed by atoms with van der Waals surface area (Å²) in [6, 6.07) is 15.8. The Balaban J connectivity index is 1.69. The van der Waals surface area contributed by atoms with E-state index in [-0.39, 0.29) is 11.8 Å². The van der Waals surface area contributed by atoms with Gasteiger partial charge in [-0.2, -0.15) is 0 Å². The number of halogens is 1. The number of hydrogen-bond donors (Lipinski definition) is 0. The van der Waals surface area contributed by atoms with Crippen LogP contribution >= 0.6 is 11.6 Å². The van der Waals surface area contributed by atoms with Crippen LogP contribution in [0, 0.1) is 0 Å². The van der Waals surface area contributed by atoms with Crippen molar-refractivity contribution in [3.63, 3.8) is 0 Å². The molecule has 0 radical (unpaired) electrons. The lowest BCUT2D eigenvalue weighted by molar-refractivity contribution is -0.131. The minimum atomic E-state index is -0.483. The summed E-state index contributed by atoms with van der Waals surface area (Å²) in [5.41, 5.74) is 2.62. The van der Waals surface area contributed by atoms with E-state index in [2.05, 4.69) is 0 Å². The molecule has 0 unspecified atom stereocenters. The SMILES string of the molecule is C[C@@]12CN(Cc3ccccc3)C(=O)[C@H]1c1cccc(Cl)c1CO2. The van der Waals surface area contributed by atoms with Gasteiger partial charge >= 0.3 is 0 Å². The molecule has 0 N–H and O–H groups in total. The Hall–Kier alpha value is -1.84. The zero-order chi connectivity index (χ0) is 16.0. The van der Waals surface area contributed by atoms with E-state index < -0.39 is 5.60 Å². The zero-order valence-corrected chi connectivity index (χ0v) is 13.7. The normalized spacial score (nSPS) is 26.1. The summed E-state index contributed by atoms with van der Waals surface area (Å²) in [5.74, 6) is -0.145. The quantitative estimate of drug-likeness (QED) is 0.840. The minimum Gasteiger partial charge on any atom is -0.368 e. The van der Waals surface area contributed by atoms with Crippen LogP contribution in [0.3, 0.4) is 0 Å². The smallest absolute Gasteiger partial charge is 0.233 e. The first-order valence-corrected chi connectivity index (χ1v) is 8.20. The van der Waals surface area contributed by atoms with Crippen molar-refractivity contribution in [3.05, 3.63) is 70.2 Å². The van der Waals surface area contributed by atoms with Crippen molar-refractivity contribution in [2.24, 2.45) is 0 Å². The lowest BCUT2D eigenvalue weighted by Crippen LogP contribution is -2.40.